The molecule has 0 saturated heterocycles. The lowest BCUT2D eigenvalue weighted by Crippen LogP contribution is -2.12. The van der Waals surface area contributed by atoms with Crippen LogP contribution in [-0.4, -0.2) is 0 Å². The number of hydrogen-bond donors (Lipinski definition) is 1. The average molecular weight is 361 g/mol. The summed E-state index contributed by atoms with van der Waals surface area (Å²) in [6, 6.07) is 6.15. The van der Waals surface area contributed by atoms with Gasteiger partial charge in [-0.15, -0.1) is 0 Å². The third-order valence-electron chi connectivity index (χ3n) is 2.46. The minimum Gasteiger partial charge on any atom is -0.320 e. The molecule has 2 N–H and O–H groups in total. The number of benzene rings is 1. The number of thiophene rings is 1. The van der Waals surface area contributed by atoms with E-state index in [1.54, 1.807) is 11.3 Å². The number of rotatable bonds is 2. The summed E-state index contributed by atoms with van der Waals surface area (Å²) in [4.78, 5) is 0. The lowest BCUT2D eigenvalue weighted by Gasteiger charge is -2.14. The first kappa shape index (κ1) is 12.3. The standard InChI is InChI=1S/C12H11Br2NS/c1-7-2-3-10(13)8(4-7)12(15)9-5-16-6-11(9)14/h2-6,12H,15H2,1H3. The summed E-state index contributed by atoms with van der Waals surface area (Å²) in [5.41, 5.74) is 9.76. The van der Waals surface area contributed by atoms with E-state index in [9.17, 15) is 0 Å². The van der Waals surface area contributed by atoms with E-state index < -0.39 is 0 Å². The van der Waals surface area contributed by atoms with Crippen LogP contribution < -0.4 is 5.73 Å². The molecule has 84 valence electrons. The van der Waals surface area contributed by atoms with Crippen molar-refractivity contribution < 1.29 is 0 Å². The van der Waals surface area contributed by atoms with Gasteiger partial charge in [0.2, 0.25) is 0 Å². The van der Waals surface area contributed by atoms with Gasteiger partial charge in [0.25, 0.3) is 0 Å². The zero-order chi connectivity index (χ0) is 11.7. The van der Waals surface area contributed by atoms with Crippen LogP contribution in [0.4, 0.5) is 0 Å². The van der Waals surface area contributed by atoms with Gasteiger partial charge < -0.3 is 5.73 Å². The van der Waals surface area contributed by atoms with Gasteiger partial charge in [0.05, 0.1) is 6.04 Å². The Morgan fingerprint density at radius 2 is 1.88 bits per heavy atom. The predicted octanol–water partition coefficient (Wildman–Crippen LogP) is 4.63. The molecular weight excluding hydrogens is 350 g/mol. The Kier molecular flexibility index (Phi) is 3.85. The normalized spacial score (nSPS) is 12.8. The van der Waals surface area contributed by atoms with E-state index in [1.807, 2.05) is 6.07 Å². The lowest BCUT2D eigenvalue weighted by atomic mass is 10.0. The van der Waals surface area contributed by atoms with Gasteiger partial charge in [-0.2, -0.15) is 11.3 Å². The van der Waals surface area contributed by atoms with E-state index in [1.165, 1.54) is 5.56 Å². The third-order valence-corrected chi connectivity index (χ3v) is 4.94. The van der Waals surface area contributed by atoms with Crippen LogP contribution in [0, 0.1) is 6.92 Å². The van der Waals surface area contributed by atoms with Crippen molar-refractivity contribution in [3.05, 3.63) is 54.6 Å². The molecule has 0 radical (unpaired) electrons. The number of halogens is 2. The van der Waals surface area contributed by atoms with Gasteiger partial charge in [-0.25, -0.2) is 0 Å². The van der Waals surface area contributed by atoms with Gasteiger partial charge in [-0.1, -0.05) is 33.6 Å². The highest BCUT2D eigenvalue weighted by molar-refractivity contribution is 9.10. The molecule has 0 amide bonds. The van der Waals surface area contributed by atoms with Crippen LogP contribution in [0.2, 0.25) is 0 Å². The molecule has 1 unspecified atom stereocenters. The van der Waals surface area contributed by atoms with Gasteiger partial charge >= 0.3 is 0 Å². The van der Waals surface area contributed by atoms with Crippen LogP contribution in [0.3, 0.4) is 0 Å². The summed E-state index contributed by atoms with van der Waals surface area (Å²) in [7, 11) is 0. The van der Waals surface area contributed by atoms with Gasteiger partial charge in [0.1, 0.15) is 0 Å². The Balaban J connectivity index is 2.45. The van der Waals surface area contributed by atoms with Crippen LogP contribution in [-0.2, 0) is 0 Å². The first-order chi connectivity index (χ1) is 7.59. The fourth-order valence-corrected chi connectivity index (χ4v) is 3.66. The average Bonchev–Trinajstić information content (AvgIpc) is 2.67. The maximum Gasteiger partial charge on any atom is 0.0582 e. The van der Waals surface area contributed by atoms with Crippen molar-refractivity contribution >= 4 is 43.2 Å². The molecule has 0 spiro atoms. The molecule has 2 aromatic rings. The molecule has 16 heavy (non-hydrogen) atoms. The Labute approximate surface area is 116 Å². The van der Waals surface area contributed by atoms with Crippen molar-refractivity contribution in [2.75, 3.05) is 0 Å². The zero-order valence-corrected chi connectivity index (χ0v) is 12.7. The van der Waals surface area contributed by atoms with E-state index in [0.29, 0.717) is 0 Å². The highest BCUT2D eigenvalue weighted by Gasteiger charge is 2.15. The topological polar surface area (TPSA) is 26.0 Å². The second-order valence-electron chi connectivity index (χ2n) is 3.68. The minimum atomic E-state index is -0.0881. The number of aryl methyl sites for hydroxylation is 1. The van der Waals surface area contributed by atoms with E-state index in [0.717, 1.165) is 20.1 Å². The Morgan fingerprint density at radius 3 is 2.50 bits per heavy atom. The summed E-state index contributed by atoms with van der Waals surface area (Å²) in [5, 5.41) is 4.14. The maximum absolute atomic E-state index is 6.28. The monoisotopic (exact) mass is 359 g/mol. The van der Waals surface area contributed by atoms with Crippen LogP contribution in [0.15, 0.2) is 37.9 Å². The summed E-state index contributed by atoms with van der Waals surface area (Å²) in [5.74, 6) is 0. The first-order valence-electron chi connectivity index (χ1n) is 4.83. The molecule has 0 saturated carbocycles. The molecule has 2 rings (SSSR count). The molecule has 1 atom stereocenters. The molecule has 1 aromatic heterocycles. The van der Waals surface area contributed by atoms with Crippen molar-refractivity contribution in [2.45, 2.75) is 13.0 Å². The Hall–Kier alpha value is -0.160. The van der Waals surface area contributed by atoms with Crippen molar-refractivity contribution in [3.63, 3.8) is 0 Å². The fraction of sp³-hybridized carbons (Fsp3) is 0.167. The van der Waals surface area contributed by atoms with Gasteiger partial charge in [0, 0.05) is 14.3 Å². The first-order valence-corrected chi connectivity index (χ1v) is 7.35. The second kappa shape index (κ2) is 5.00. The fourth-order valence-electron chi connectivity index (χ4n) is 1.58. The molecule has 0 aliphatic rings. The zero-order valence-electron chi connectivity index (χ0n) is 8.71. The maximum atomic E-state index is 6.28. The van der Waals surface area contributed by atoms with E-state index in [-0.39, 0.29) is 6.04 Å². The van der Waals surface area contributed by atoms with Crippen molar-refractivity contribution in [1.29, 1.82) is 0 Å². The molecule has 1 aromatic carbocycles. The van der Waals surface area contributed by atoms with Crippen molar-refractivity contribution in [2.24, 2.45) is 5.73 Å². The third kappa shape index (κ3) is 2.40. The van der Waals surface area contributed by atoms with Crippen LogP contribution in [0.5, 0.6) is 0 Å². The molecule has 0 bridgehead atoms. The minimum absolute atomic E-state index is 0.0881. The molecule has 1 nitrogen and oxygen atoms in total. The number of hydrogen-bond acceptors (Lipinski definition) is 2. The lowest BCUT2D eigenvalue weighted by molar-refractivity contribution is 0.864. The largest absolute Gasteiger partial charge is 0.320 e. The quantitative estimate of drug-likeness (QED) is 0.830. The highest BCUT2D eigenvalue weighted by atomic mass is 79.9. The van der Waals surface area contributed by atoms with Gasteiger partial charge in [-0.3, -0.25) is 0 Å². The van der Waals surface area contributed by atoms with Crippen LogP contribution >= 0.6 is 43.2 Å². The summed E-state index contributed by atoms with van der Waals surface area (Å²) in [6.07, 6.45) is 0. The molecule has 0 fully saturated rings. The van der Waals surface area contributed by atoms with Crippen molar-refractivity contribution in [3.8, 4) is 0 Å². The molecular formula is C12H11Br2NS. The van der Waals surface area contributed by atoms with E-state index in [4.69, 9.17) is 5.73 Å². The highest BCUT2D eigenvalue weighted by Crippen LogP contribution is 2.33. The molecule has 0 aliphatic carbocycles. The Morgan fingerprint density at radius 1 is 1.12 bits per heavy atom. The van der Waals surface area contributed by atoms with E-state index >= 15 is 0 Å². The summed E-state index contributed by atoms with van der Waals surface area (Å²) >= 11 is 8.73. The van der Waals surface area contributed by atoms with E-state index in [2.05, 4.69) is 61.7 Å². The SMILES string of the molecule is Cc1ccc(Br)c(C(N)c2cscc2Br)c1. The summed E-state index contributed by atoms with van der Waals surface area (Å²) in [6.45, 7) is 2.07. The van der Waals surface area contributed by atoms with Crippen LogP contribution in [0.25, 0.3) is 0 Å². The Bertz CT molecular complexity index is 507. The van der Waals surface area contributed by atoms with Gasteiger partial charge in [0.15, 0.2) is 0 Å². The molecule has 0 aliphatic heterocycles. The van der Waals surface area contributed by atoms with Crippen molar-refractivity contribution in [1.82, 2.24) is 0 Å². The smallest absolute Gasteiger partial charge is 0.0582 e. The predicted molar refractivity (Wildman–Crippen MR) is 76.9 cm³/mol. The number of nitrogens with two attached hydrogens (primary N) is 1. The molecule has 4 heteroatoms. The van der Waals surface area contributed by atoms with Crippen LogP contribution in [0.1, 0.15) is 22.7 Å². The summed E-state index contributed by atoms with van der Waals surface area (Å²) < 4.78 is 2.14. The molecule has 1 heterocycles. The van der Waals surface area contributed by atoms with Gasteiger partial charge in [-0.05, 0) is 45.4 Å². The second-order valence-corrected chi connectivity index (χ2v) is 6.13.